The van der Waals surface area contributed by atoms with Gasteiger partial charge in [-0.05, 0) is 24.7 Å². The SMILES string of the molecule is CCC1CC(C(=O)O)C(C(=O)N(C)CC(C)C)C1. The van der Waals surface area contributed by atoms with Crippen LogP contribution in [0.1, 0.15) is 40.0 Å². The summed E-state index contributed by atoms with van der Waals surface area (Å²) in [6.07, 6.45) is 2.34. The van der Waals surface area contributed by atoms with Crippen molar-refractivity contribution in [2.45, 2.75) is 40.0 Å². The Morgan fingerprint density at radius 1 is 1.28 bits per heavy atom. The number of rotatable bonds is 5. The summed E-state index contributed by atoms with van der Waals surface area (Å²) in [6, 6.07) is 0. The van der Waals surface area contributed by atoms with Crippen molar-refractivity contribution in [2.24, 2.45) is 23.7 Å². The highest BCUT2D eigenvalue weighted by Gasteiger charge is 2.43. The average molecular weight is 255 g/mol. The monoisotopic (exact) mass is 255 g/mol. The van der Waals surface area contributed by atoms with E-state index >= 15 is 0 Å². The molecule has 1 aliphatic rings. The van der Waals surface area contributed by atoms with Crippen LogP contribution in [0.5, 0.6) is 0 Å². The first-order valence-electron chi connectivity index (χ1n) is 6.84. The molecule has 1 rings (SSSR count). The van der Waals surface area contributed by atoms with Crippen LogP contribution in [0.15, 0.2) is 0 Å². The molecule has 3 atom stereocenters. The molecule has 1 N–H and O–H groups in total. The number of hydrogen-bond donors (Lipinski definition) is 1. The zero-order valence-corrected chi connectivity index (χ0v) is 11.8. The van der Waals surface area contributed by atoms with Crippen molar-refractivity contribution >= 4 is 11.9 Å². The average Bonchev–Trinajstić information content (AvgIpc) is 2.71. The van der Waals surface area contributed by atoms with Crippen LogP contribution in [0.25, 0.3) is 0 Å². The number of nitrogens with zero attached hydrogens (tertiary/aromatic N) is 1. The highest BCUT2D eigenvalue weighted by Crippen LogP contribution is 2.39. The molecule has 1 saturated carbocycles. The Morgan fingerprint density at radius 3 is 2.28 bits per heavy atom. The first-order valence-corrected chi connectivity index (χ1v) is 6.84. The highest BCUT2D eigenvalue weighted by atomic mass is 16.4. The third kappa shape index (κ3) is 3.47. The van der Waals surface area contributed by atoms with Crippen molar-refractivity contribution < 1.29 is 14.7 Å². The molecule has 3 unspecified atom stereocenters. The molecule has 0 spiro atoms. The van der Waals surface area contributed by atoms with E-state index in [1.165, 1.54) is 0 Å². The van der Waals surface area contributed by atoms with Crippen LogP contribution in [-0.2, 0) is 9.59 Å². The van der Waals surface area contributed by atoms with Crippen LogP contribution in [0, 0.1) is 23.7 Å². The van der Waals surface area contributed by atoms with E-state index in [9.17, 15) is 14.7 Å². The molecule has 0 aromatic heterocycles. The number of amides is 1. The van der Waals surface area contributed by atoms with Gasteiger partial charge < -0.3 is 10.0 Å². The van der Waals surface area contributed by atoms with Gasteiger partial charge in [0.1, 0.15) is 0 Å². The minimum Gasteiger partial charge on any atom is -0.481 e. The first kappa shape index (κ1) is 15.0. The lowest BCUT2D eigenvalue weighted by atomic mass is 9.94. The van der Waals surface area contributed by atoms with E-state index < -0.39 is 11.9 Å². The second-order valence-corrected chi connectivity index (χ2v) is 5.91. The van der Waals surface area contributed by atoms with Gasteiger partial charge in [0.2, 0.25) is 5.91 Å². The van der Waals surface area contributed by atoms with E-state index in [1.807, 2.05) is 0 Å². The maximum Gasteiger partial charge on any atom is 0.307 e. The van der Waals surface area contributed by atoms with Crippen LogP contribution in [0.3, 0.4) is 0 Å². The Labute approximate surface area is 109 Å². The van der Waals surface area contributed by atoms with Gasteiger partial charge in [-0.3, -0.25) is 9.59 Å². The molecule has 4 heteroatoms. The zero-order valence-electron chi connectivity index (χ0n) is 11.8. The molecule has 0 aliphatic heterocycles. The molecule has 0 radical (unpaired) electrons. The second-order valence-electron chi connectivity index (χ2n) is 5.91. The van der Waals surface area contributed by atoms with Gasteiger partial charge in [0.05, 0.1) is 11.8 Å². The van der Waals surface area contributed by atoms with E-state index in [4.69, 9.17) is 0 Å². The number of carbonyl (C=O) groups excluding carboxylic acids is 1. The molecule has 0 aromatic rings. The van der Waals surface area contributed by atoms with Crippen molar-refractivity contribution in [3.63, 3.8) is 0 Å². The first-order chi connectivity index (χ1) is 8.36. The summed E-state index contributed by atoms with van der Waals surface area (Å²) in [5.41, 5.74) is 0. The molecule has 18 heavy (non-hydrogen) atoms. The van der Waals surface area contributed by atoms with Gasteiger partial charge in [0.15, 0.2) is 0 Å². The largest absolute Gasteiger partial charge is 0.481 e. The van der Waals surface area contributed by atoms with Crippen LogP contribution >= 0.6 is 0 Å². The molecular formula is C14H25NO3. The van der Waals surface area contributed by atoms with Gasteiger partial charge in [-0.25, -0.2) is 0 Å². The Bertz CT molecular complexity index is 314. The minimum absolute atomic E-state index is 0.00653. The molecule has 1 fully saturated rings. The van der Waals surface area contributed by atoms with E-state index in [0.29, 0.717) is 24.8 Å². The molecule has 0 heterocycles. The van der Waals surface area contributed by atoms with Gasteiger partial charge in [0.25, 0.3) is 0 Å². The summed E-state index contributed by atoms with van der Waals surface area (Å²) < 4.78 is 0. The van der Waals surface area contributed by atoms with Crippen molar-refractivity contribution in [1.82, 2.24) is 4.90 Å². The Hall–Kier alpha value is -1.06. The van der Waals surface area contributed by atoms with Crippen molar-refractivity contribution in [1.29, 1.82) is 0 Å². The predicted octanol–water partition coefficient (Wildman–Crippen LogP) is 2.24. The van der Waals surface area contributed by atoms with Crippen molar-refractivity contribution in [3.05, 3.63) is 0 Å². The van der Waals surface area contributed by atoms with E-state index in [2.05, 4.69) is 20.8 Å². The predicted molar refractivity (Wildman–Crippen MR) is 70.1 cm³/mol. The van der Waals surface area contributed by atoms with E-state index in [0.717, 1.165) is 12.8 Å². The Balaban J connectivity index is 2.73. The topological polar surface area (TPSA) is 57.6 Å². The minimum atomic E-state index is -0.817. The number of aliphatic carboxylic acids is 1. The standard InChI is InChI=1S/C14H25NO3/c1-5-10-6-11(12(7-10)14(17)18)13(16)15(4)8-9(2)3/h9-12H,5-8H2,1-4H3,(H,17,18). The van der Waals surface area contributed by atoms with E-state index in [1.54, 1.807) is 11.9 Å². The fourth-order valence-electron chi connectivity index (χ4n) is 2.94. The lowest BCUT2D eigenvalue weighted by Crippen LogP contribution is -2.38. The van der Waals surface area contributed by atoms with Crippen LogP contribution in [0.4, 0.5) is 0 Å². The Morgan fingerprint density at radius 2 is 1.83 bits per heavy atom. The van der Waals surface area contributed by atoms with Crippen molar-refractivity contribution in [3.8, 4) is 0 Å². The van der Waals surface area contributed by atoms with Crippen LogP contribution in [0.2, 0.25) is 0 Å². The van der Waals surface area contributed by atoms with Crippen LogP contribution < -0.4 is 0 Å². The fourth-order valence-corrected chi connectivity index (χ4v) is 2.94. The van der Waals surface area contributed by atoms with Gasteiger partial charge in [-0.1, -0.05) is 27.2 Å². The van der Waals surface area contributed by atoms with Crippen molar-refractivity contribution in [2.75, 3.05) is 13.6 Å². The number of carboxylic acids is 1. The normalized spacial score (nSPS) is 27.5. The third-order valence-electron chi connectivity index (χ3n) is 3.89. The number of hydrogen-bond acceptors (Lipinski definition) is 2. The molecule has 4 nitrogen and oxygen atoms in total. The molecule has 1 amide bonds. The summed E-state index contributed by atoms with van der Waals surface area (Å²) >= 11 is 0. The highest BCUT2D eigenvalue weighted by molar-refractivity contribution is 5.85. The molecular weight excluding hydrogens is 230 g/mol. The lowest BCUT2D eigenvalue weighted by Gasteiger charge is -2.24. The maximum absolute atomic E-state index is 12.3. The fraction of sp³-hybridized carbons (Fsp3) is 0.857. The summed E-state index contributed by atoms with van der Waals surface area (Å²) in [5.74, 6) is -0.833. The molecule has 0 saturated heterocycles. The van der Waals surface area contributed by atoms with Crippen LogP contribution in [-0.4, -0.2) is 35.5 Å². The summed E-state index contributed by atoms with van der Waals surface area (Å²) in [4.78, 5) is 25.3. The Kier molecular flexibility index (Phi) is 5.17. The summed E-state index contributed by atoms with van der Waals surface area (Å²) in [5, 5.41) is 9.24. The number of carboxylic acid groups (broad SMARTS) is 1. The zero-order chi connectivity index (χ0) is 13.9. The summed E-state index contributed by atoms with van der Waals surface area (Å²) in [7, 11) is 1.78. The quantitative estimate of drug-likeness (QED) is 0.819. The summed E-state index contributed by atoms with van der Waals surface area (Å²) in [6.45, 7) is 6.87. The van der Waals surface area contributed by atoms with Gasteiger partial charge in [0, 0.05) is 13.6 Å². The molecule has 0 aromatic carbocycles. The van der Waals surface area contributed by atoms with Gasteiger partial charge >= 0.3 is 5.97 Å². The maximum atomic E-state index is 12.3. The second kappa shape index (κ2) is 6.21. The molecule has 104 valence electrons. The third-order valence-corrected chi connectivity index (χ3v) is 3.89. The number of carbonyl (C=O) groups is 2. The smallest absolute Gasteiger partial charge is 0.307 e. The van der Waals surface area contributed by atoms with E-state index in [-0.39, 0.29) is 11.8 Å². The lowest BCUT2D eigenvalue weighted by molar-refractivity contribution is -0.148. The van der Waals surface area contributed by atoms with Gasteiger partial charge in [-0.2, -0.15) is 0 Å². The van der Waals surface area contributed by atoms with Gasteiger partial charge in [-0.15, -0.1) is 0 Å². The molecule has 0 bridgehead atoms. The molecule has 1 aliphatic carbocycles.